The Morgan fingerprint density at radius 3 is 2.64 bits per heavy atom. The summed E-state index contributed by atoms with van der Waals surface area (Å²) in [7, 11) is 0. The molecule has 25 heavy (non-hydrogen) atoms. The van der Waals surface area contributed by atoms with Crippen LogP contribution >= 0.6 is 11.6 Å². The molecule has 2 N–H and O–H groups in total. The molecule has 0 radical (unpaired) electrons. The molecule has 2 aromatic heterocycles. The zero-order valence-electron chi connectivity index (χ0n) is 12.7. The number of hydrogen-bond acceptors (Lipinski definition) is 3. The lowest BCUT2D eigenvalue weighted by Crippen LogP contribution is -2.16. The number of carbonyl (C=O) groups excluding carboxylic acids is 1. The van der Waals surface area contributed by atoms with E-state index in [9.17, 15) is 23.1 Å². The Kier molecular flexibility index (Phi) is 4.08. The zero-order chi connectivity index (χ0) is 18.4. The molecule has 0 aliphatic heterocycles. The van der Waals surface area contributed by atoms with Crippen molar-refractivity contribution < 1.29 is 23.1 Å². The summed E-state index contributed by atoms with van der Waals surface area (Å²) in [5.41, 5.74) is -0.742. The summed E-state index contributed by atoms with van der Waals surface area (Å²) in [5.74, 6) is -0.891. The molecular weight excluding hydrogens is 359 g/mol. The van der Waals surface area contributed by atoms with Crippen molar-refractivity contribution in [3.63, 3.8) is 0 Å². The van der Waals surface area contributed by atoms with E-state index in [0.717, 1.165) is 16.7 Å². The number of pyridine rings is 1. The fourth-order valence-electron chi connectivity index (χ4n) is 2.41. The second kappa shape index (κ2) is 5.96. The lowest BCUT2D eigenvalue weighted by molar-refractivity contribution is -0.137. The normalized spacial score (nSPS) is 11.7. The molecule has 0 aliphatic carbocycles. The van der Waals surface area contributed by atoms with Crippen LogP contribution in [0.2, 0.25) is 5.02 Å². The van der Waals surface area contributed by atoms with Gasteiger partial charge in [0.05, 0.1) is 22.0 Å². The Morgan fingerprint density at radius 1 is 1.32 bits per heavy atom. The van der Waals surface area contributed by atoms with Gasteiger partial charge in [-0.25, -0.2) is 4.98 Å². The number of carbonyl (C=O) groups is 1. The highest BCUT2D eigenvalue weighted by Crippen LogP contribution is 2.33. The summed E-state index contributed by atoms with van der Waals surface area (Å²) >= 11 is 5.89. The van der Waals surface area contributed by atoms with Gasteiger partial charge in [-0.3, -0.25) is 9.20 Å². The van der Waals surface area contributed by atoms with E-state index < -0.39 is 17.6 Å². The fraction of sp³-hybridized carbons (Fsp3) is 0.125. The van der Waals surface area contributed by atoms with Gasteiger partial charge in [-0.05, 0) is 25.1 Å². The van der Waals surface area contributed by atoms with Crippen LogP contribution in [-0.2, 0) is 6.18 Å². The number of para-hydroxylation sites is 2. The summed E-state index contributed by atoms with van der Waals surface area (Å²) in [5, 5.41) is 12.0. The summed E-state index contributed by atoms with van der Waals surface area (Å²) in [6, 6.07) is 6.75. The number of nitrogens with one attached hydrogen (secondary N) is 1. The van der Waals surface area contributed by atoms with Crippen LogP contribution in [0.1, 0.15) is 21.7 Å². The number of rotatable bonds is 2. The number of aromatic hydroxyl groups is 1. The molecule has 0 saturated carbocycles. The Bertz CT molecular complexity index is 983. The maximum absolute atomic E-state index is 13.0. The minimum Gasteiger partial charge on any atom is -0.506 e. The Balaban J connectivity index is 2.12. The number of amides is 1. The Hall–Kier alpha value is -2.74. The minimum atomic E-state index is -4.62. The lowest BCUT2D eigenvalue weighted by atomic mass is 10.2. The number of halogens is 4. The first-order valence-corrected chi connectivity index (χ1v) is 7.41. The third kappa shape index (κ3) is 3.12. The van der Waals surface area contributed by atoms with Crippen LogP contribution < -0.4 is 5.32 Å². The summed E-state index contributed by atoms with van der Waals surface area (Å²) in [4.78, 5) is 16.6. The molecule has 0 spiro atoms. The average molecular weight is 370 g/mol. The first-order valence-electron chi connectivity index (χ1n) is 7.03. The maximum Gasteiger partial charge on any atom is 0.417 e. The van der Waals surface area contributed by atoms with Crippen molar-refractivity contribution in [2.24, 2.45) is 0 Å². The molecular formula is C16H11ClF3N3O2. The number of alkyl halides is 3. The van der Waals surface area contributed by atoms with Gasteiger partial charge in [0.2, 0.25) is 0 Å². The lowest BCUT2D eigenvalue weighted by Gasteiger charge is -2.10. The van der Waals surface area contributed by atoms with E-state index in [1.165, 1.54) is 19.1 Å². The summed E-state index contributed by atoms with van der Waals surface area (Å²) in [6.07, 6.45) is -3.86. The summed E-state index contributed by atoms with van der Waals surface area (Å²) in [6.45, 7) is 1.48. The topological polar surface area (TPSA) is 66.6 Å². The van der Waals surface area contributed by atoms with Gasteiger partial charge in [0.25, 0.3) is 5.91 Å². The van der Waals surface area contributed by atoms with E-state index >= 15 is 0 Å². The van der Waals surface area contributed by atoms with Crippen LogP contribution in [0.25, 0.3) is 5.65 Å². The third-order valence-electron chi connectivity index (χ3n) is 3.54. The number of benzene rings is 1. The van der Waals surface area contributed by atoms with Crippen LogP contribution in [-0.4, -0.2) is 20.4 Å². The SMILES string of the molecule is Cc1nc2c(Cl)cc(C(F)(F)F)cn2c1C(=O)Nc1ccccc1O. The van der Waals surface area contributed by atoms with Crippen molar-refractivity contribution >= 4 is 28.8 Å². The monoisotopic (exact) mass is 369 g/mol. The van der Waals surface area contributed by atoms with Gasteiger partial charge in [0.1, 0.15) is 11.4 Å². The largest absolute Gasteiger partial charge is 0.506 e. The number of imidazole rings is 1. The number of phenols is 1. The van der Waals surface area contributed by atoms with Crippen molar-refractivity contribution in [2.45, 2.75) is 13.1 Å². The highest BCUT2D eigenvalue weighted by molar-refractivity contribution is 6.33. The second-order valence-corrected chi connectivity index (χ2v) is 5.69. The highest BCUT2D eigenvalue weighted by Gasteiger charge is 2.33. The van der Waals surface area contributed by atoms with Crippen molar-refractivity contribution in [1.82, 2.24) is 9.38 Å². The molecule has 0 aliphatic rings. The first kappa shape index (κ1) is 17.1. The number of aryl methyl sites for hydroxylation is 1. The van der Waals surface area contributed by atoms with Gasteiger partial charge in [0.15, 0.2) is 5.65 Å². The van der Waals surface area contributed by atoms with Gasteiger partial charge in [-0.1, -0.05) is 23.7 Å². The van der Waals surface area contributed by atoms with E-state index in [1.807, 2.05) is 0 Å². The smallest absolute Gasteiger partial charge is 0.417 e. The molecule has 0 fully saturated rings. The van der Waals surface area contributed by atoms with E-state index in [1.54, 1.807) is 12.1 Å². The van der Waals surface area contributed by atoms with Crippen LogP contribution in [0.3, 0.4) is 0 Å². The Labute approximate surface area is 144 Å². The molecule has 0 atom stereocenters. The number of anilines is 1. The predicted octanol–water partition coefficient (Wildman–Crippen LogP) is 4.27. The van der Waals surface area contributed by atoms with Crippen molar-refractivity contribution in [1.29, 1.82) is 0 Å². The third-order valence-corrected chi connectivity index (χ3v) is 3.82. The van der Waals surface area contributed by atoms with Gasteiger partial charge in [0, 0.05) is 6.20 Å². The summed E-state index contributed by atoms with van der Waals surface area (Å²) < 4.78 is 40.0. The minimum absolute atomic E-state index is 0.0367. The number of nitrogens with zero attached hydrogens (tertiary/aromatic N) is 2. The molecule has 1 aromatic carbocycles. The van der Waals surface area contributed by atoms with Gasteiger partial charge < -0.3 is 10.4 Å². The fourth-order valence-corrected chi connectivity index (χ4v) is 2.66. The molecule has 3 aromatic rings. The van der Waals surface area contributed by atoms with Crippen LogP contribution in [0.4, 0.5) is 18.9 Å². The van der Waals surface area contributed by atoms with Crippen molar-refractivity contribution in [2.75, 3.05) is 5.32 Å². The van der Waals surface area contributed by atoms with Crippen LogP contribution in [0.15, 0.2) is 36.5 Å². The van der Waals surface area contributed by atoms with E-state index in [4.69, 9.17) is 11.6 Å². The first-order chi connectivity index (χ1) is 11.7. The van der Waals surface area contributed by atoms with E-state index in [2.05, 4.69) is 10.3 Å². The molecule has 0 saturated heterocycles. The number of phenolic OH excluding ortho intramolecular Hbond substituents is 1. The van der Waals surface area contributed by atoms with E-state index in [0.29, 0.717) is 0 Å². The molecule has 2 heterocycles. The average Bonchev–Trinajstić information content (AvgIpc) is 2.85. The molecule has 0 unspecified atom stereocenters. The highest BCUT2D eigenvalue weighted by atomic mass is 35.5. The quantitative estimate of drug-likeness (QED) is 0.663. The standard InChI is InChI=1S/C16H11ClF3N3O2/c1-8-13(15(25)22-11-4-2-3-5-12(11)24)23-7-9(16(18,19)20)6-10(17)14(23)21-8/h2-7,24H,1H3,(H,22,25). The van der Waals surface area contributed by atoms with Crippen molar-refractivity contribution in [3.8, 4) is 5.75 Å². The molecule has 0 bridgehead atoms. The number of fused-ring (bicyclic) bond motifs is 1. The molecule has 3 rings (SSSR count). The molecule has 5 nitrogen and oxygen atoms in total. The number of aromatic nitrogens is 2. The van der Waals surface area contributed by atoms with Crippen molar-refractivity contribution in [3.05, 3.63) is 58.5 Å². The van der Waals surface area contributed by atoms with E-state index in [-0.39, 0.29) is 33.5 Å². The van der Waals surface area contributed by atoms with Crippen LogP contribution in [0.5, 0.6) is 5.75 Å². The predicted molar refractivity (Wildman–Crippen MR) is 86.0 cm³/mol. The zero-order valence-corrected chi connectivity index (χ0v) is 13.5. The van der Waals surface area contributed by atoms with Gasteiger partial charge >= 0.3 is 6.18 Å². The van der Waals surface area contributed by atoms with Crippen LogP contribution in [0, 0.1) is 6.92 Å². The Morgan fingerprint density at radius 2 is 2.00 bits per heavy atom. The maximum atomic E-state index is 13.0. The van der Waals surface area contributed by atoms with Gasteiger partial charge in [-0.15, -0.1) is 0 Å². The molecule has 1 amide bonds. The molecule has 130 valence electrons. The van der Waals surface area contributed by atoms with Gasteiger partial charge in [-0.2, -0.15) is 13.2 Å². The second-order valence-electron chi connectivity index (χ2n) is 5.29. The number of hydrogen-bond donors (Lipinski definition) is 2. The molecule has 9 heteroatoms.